The van der Waals surface area contributed by atoms with E-state index in [1.165, 1.54) is 36.8 Å². The summed E-state index contributed by atoms with van der Waals surface area (Å²) in [4.78, 5) is 12.1. The van der Waals surface area contributed by atoms with Crippen LogP contribution in [0.1, 0.15) is 40.7 Å². The molecule has 0 atom stereocenters. The highest BCUT2D eigenvalue weighted by Gasteiger charge is 2.41. The number of rotatable bonds is 4. The monoisotopic (exact) mass is 307 g/mol. The molecule has 0 heterocycles. The molecule has 0 aliphatic heterocycles. The molecular formula is C15H18BrNO. The summed E-state index contributed by atoms with van der Waals surface area (Å²) in [5, 5.41) is 4.07. The third-order valence-corrected chi connectivity index (χ3v) is 5.41. The van der Waals surface area contributed by atoms with Crippen molar-refractivity contribution in [1.82, 2.24) is 5.32 Å². The number of benzene rings is 1. The molecule has 2 nitrogen and oxygen atoms in total. The fraction of sp³-hybridized carbons (Fsp3) is 0.533. The van der Waals surface area contributed by atoms with Crippen LogP contribution in [0, 0.1) is 5.41 Å². The Morgan fingerprint density at radius 2 is 2.06 bits per heavy atom. The summed E-state index contributed by atoms with van der Waals surface area (Å²) in [5.74, 6) is 0.0805. The minimum absolute atomic E-state index is 0.0805. The molecule has 1 saturated carbocycles. The second-order valence-corrected chi connectivity index (χ2v) is 6.21. The zero-order valence-corrected chi connectivity index (χ0v) is 12.1. The molecule has 0 saturated heterocycles. The van der Waals surface area contributed by atoms with E-state index in [2.05, 4.69) is 33.4 Å². The molecule has 0 unspecified atom stereocenters. The van der Waals surface area contributed by atoms with Gasteiger partial charge in [-0.05, 0) is 60.8 Å². The molecule has 3 heteroatoms. The van der Waals surface area contributed by atoms with Crippen molar-refractivity contribution in [3.63, 3.8) is 0 Å². The normalized spacial score (nSPS) is 19.4. The van der Waals surface area contributed by atoms with Crippen LogP contribution >= 0.6 is 15.9 Å². The highest BCUT2D eigenvalue weighted by molar-refractivity contribution is 9.09. The van der Waals surface area contributed by atoms with E-state index in [4.69, 9.17) is 0 Å². The number of carbonyl (C=O) groups excluding carboxylic acids is 1. The van der Waals surface area contributed by atoms with Gasteiger partial charge in [-0.2, -0.15) is 0 Å². The van der Waals surface area contributed by atoms with Crippen molar-refractivity contribution in [2.24, 2.45) is 5.41 Å². The van der Waals surface area contributed by atoms with Crippen molar-refractivity contribution in [3.8, 4) is 0 Å². The summed E-state index contributed by atoms with van der Waals surface area (Å²) in [6.07, 6.45) is 5.98. The molecule has 0 spiro atoms. The van der Waals surface area contributed by atoms with Gasteiger partial charge in [0.2, 0.25) is 0 Å². The molecule has 3 rings (SSSR count). The summed E-state index contributed by atoms with van der Waals surface area (Å²) in [5.41, 5.74) is 3.95. The van der Waals surface area contributed by atoms with Crippen molar-refractivity contribution in [3.05, 3.63) is 34.9 Å². The first-order valence-electron chi connectivity index (χ1n) is 6.68. The number of alkyl halides is 1. The zero-order chi connectivity index (χ0) is 12.6. The SMILES string of the molecule is O=C(NCC1(CBr)CC1)c1ccc2c(c1)CCC2. The summed E-state index contributed by atoms with van der Waals surface area (Å²) in [6.45, 7) is 0.800. The average molecular weight is 308 g/mol. The number of hydrogen-bond donors (Lipinski definition) is 1. The van der Waals surface area contributed by atoms with Gasteiger partial charge in [-0.1, -0.05) is 22.0 Å². The number of carbonyl (C=O) groups is 1. The number of halogens is 1. The Bertz CT molecular complexity index is 479. The summed E-state index contributed by atoms with van der Waals surface area (Å²) in [7, 11) is 0. The number of amides is 1. The van der Waals surface area contributed by atoms with Gasteiger partial charge in [0.25, 0.3) is 5.91 Å². The van der Waals surface area contributed by atoms with Crippen LogP contribution in [0.15, 0.2) is 18.2 Å². The fourth-order valence-electron chi connectivity index (χ4n) is 2.62. The first kappa shape index (κ1) is 12.2. The lowest BCUT2D eigenvalue weighted by Crippen LogP contribution is -2.30. The lowest BCUT2D eigenvalue weighted by Gasteiger charge is -2.13. The second kappa shape index (κ2) is 4.69. The third kappa shape index (κ3) is 2.33. The van der Waals surface area contributed by atoms with E-state index in [0.29, 0.717) is 5.41 Å². The Labute approximate surface area is 116 Å². The molecule has 1 aromatic rings. The zero-order valence-electron chi connectivity index (χ0n) is 10.5. The number of hydrogen-bond acceptors (Lipinski definition) is 1. The van der Waals surface area contributed by atoms with Crippen molar-refractivity contribution in [1.29, 1.82) is 0 Å². The fourth-order valence-corrected chi connectivity index (χ4v) is 3.38. The summed E-state index contributed by atoms with van der Waals surface area (Å²) < 4.78 is 0. The molecule has 0 bridgehead atoms. The Morgan fingerprint density at radius 1 is 1.28 bits per heavy atom. The van der Waals surface area contributed by atoms with Crippen LogP contribution in [0.5, 0.6) is 0 Å². The number of aryl methyl sites for hydroxylation is 2. The highest BCUT2D eigenvalue weighted by atomic mass is 79.9. The quantitative estimate of drug-likeness (QED) is 0.851. The van der Waals surface area contributed by atoms with Crippen LogP contribution in [0.2, 0.25) is 0 Å². The van der Waals surface area contributed by atoms with E-state index in [-0.39, 0.29) is 5.91 Å². The van der Waals surface area contributed by atoms with Crippen LogP contribution in [-0.2, 0) is 12.8 Å². The van der Waals surface area contributed by atoms with E-state index < -0.39 is 0 Å². The molecule has 18 heavy (non-hydrogen) atoms. The number of nitrogens with one attached hydrogen (secondary N) is 1. The molecule has 1 N–H and O–H groups in total. The maximum absolute atomic E-state index is 12.1. The van der Waals surface area contributed by atoms with Crippen molar-refractivity contribution < 1.29 is 4.79 Å². The van der Waals surface area contributed by atoms with Crippen molar-refractivity contribution in [2.75, 3.05) is 11.9 Å². The molecule has 1 aromatic carbocycles. The Hall–Kier alpha value is -0.830. The maximum Gasteiger partial charge on any atom is 0.251 e. The van der Waals surface area contributed by atoms with E-state index >= 15 is 0 Å². The van der Waals surface area contributed by atoms with Gasteiger partial charge in [0, 0.05) is 17.4 Å². The predicted molar refractivity (Wildman–Crippen MR) is 76.3 cm³/mol. The topological polar surface area (TPSA) is 29.1 Å². The lowest BCUT2D eigenvalue weighted by molar-refractivity contribution is 0.0946. The van der Waals surface area contributed by atoms with Gasteiger partial charge in [-0.25, -0.2) is 0 Å². The van der Waals surface area contributed by atoms with Gasteiger partial charge in [-0.3, -0.25) is 4.79 Å². The van der Waals surface area contributed by atoms with Crippen LogP contribution in [-0.4, -0.2) is 17.8 Å². The van der Waals surface area contributed by atoms with E-state index in [1.54, 1.807) is 0 Å². The van der Waals surface area contributed by atoms with Gasteiger partial charge in [0.1, 0.15) is 0 Å². The first-order chi connectivity index (χ1) is 8.72. The van der Waals surface area contributed by atoms with Gasteiger partial charge < -0.3 is 5.32 Å². The van der Waals surface area contributed by atoms with E-state index in [0.717, 1.165) is 23.9 Å². The maximum atomic E-state index is 12.1. The summed E-state index contributed by atoms with van der Waals surface area (Å²) >= 11 is 3.53. The molecule has 0 aromatic heterocycles. The minimum atomic E-state index is 0.0805. The third-order valence-electron chi connectivity index (χ3n) is 4.23. The molecule has 96 valence electrons. The largest absolute Gasteiger partial charge is 0.351 e. The molecule has 1 fully saturated rings. The molecular weight excluding hydrogens is 290 g/mol. The van der Waals surface area contributed by atoms with E-state index in [1.807, 2.05) is 6.07 Å². The smallest absolute Gasteiger partial charge is 0.251 e. The predicted octanol–water partition coefficient (Wildman–Crippen LogP) is 3.08. The van der Waals surface area contributed by atoms with Crippen LogP contribution in [0.4, 0.5) is 0 Å². The average Bonchev–Trinajstić information content (AvgIpc) is 3.04. The van der Waals surface area contributed by atoms with Gasteiger partial charge in [0.05, 0.1) is 0 Å². The standard InChI is InChI=1S/C15H18BrNO/c16-9-15(6-7-15)10-17-14(18)13-5-4-11-2-1-3-12(11)8-13/h4-5,8H,1-3,6-7,9-10H2,(H,17,18). The van der Waals surface area contributed by atoms with Gasteiger partial charge >= 0.3 is 0 Å². The second-order valence-electron chi connectivity index (χ2n) is 5.65. The first-order valence-corrected chi connectivity index (χ1v) is 7.81. The van der Waals surface area contributed by atoms with Crippen molar-refractivity contribution in [2.45, 2.75) is 32.1 Å². The molecule has 2 aliphatic rings. The molecule has 0 radical (unpaired) electrons. The van der Waals surface area contributed by atoms with Gasteiger partial charge in [-0.15, -0.1) is 0 Å². The Morgan fingerprint density at radius 3 is 2.78 bits per heavy atom. The lowest BCUT2D eigenvalue weighted by atomic mass is 10.1. The van der Waals surface area contributed by atoms with E-state index in [9.17, 15) is 4.79 Å². The van der Waals surface area contributed by atoms with Crippen molar-refractivity contribution >= 4 is 21.8 Å². The van der Waals surface area contributed by atoms with Crippen LogP contribution in [0.3, 0.4) is 0 Å². The molecule has 2 aliphatic carbocycles. The van der Waals surface area contributed by atoms with Gasteiger partial charge in [0.15, 0.2) is 0 Å². The number of fused-ring (bicyclic) bond motifs is 1. The minimum Gasteiger partial charge on any atom is -0.351 e. The molecule has 1 amide bonds. The Kier molecular flexibility index (Phi) is 3.18. The van der Waals surface area contributed by atoms with Crippen LogP contribution in [0.25, 0.3) is 0 Å². The summed E-state index contributed by atoms with van der Waals surface area (Å²) in [6, 6.07) is 6.16. The van der Waals surface area contributed by atoms with Crippen LogP contribution < -0.4 is 5.32 Å². The Balaban J connectivity index is 1.65. The highest BCUT2D eigenvalue weighted by Crippen LogP contribution is 2.46.